The van der Waals surface area contributed by atoms with Gasteiger partial charge in [-0.15, -0.1) is 12.6 Å². The lowest BCUT2D eigenvalue weighted by Gasteiger charge is -2.05. The molecule has 0 saturated heterocycles. The molecule has 2 aromatic carbocycles. The van der Waals surface area contributed by atoms with E-state index in [1.807, 2.05) is 24.3 Å². The zero-order valence-electron chi connectivity index (χ0n) is 11.2. The summed E-state index contributed by atoms with van der Waals surface area (Å²) in [7, 11) is 0. The van der Waals surface area contributed by atoms with Gasteiger partial charge in [-0.05, 0) is 23.3 Å². The van der Waals surface area contributed by atoms with Crippen LogP contribution < -0.4 is 5.32 Å². The molecule has 0 aliphatic carbocycles. The topological polar surface area (TPSA) is 72.2 Å². The molecule has 1 N–H and O–H groups in total. The van der Waals surface area contributed by atoms with Crippen molar-refractivity contribution in [2.24, 2.45) is 0 Å². The van der Waals surface area contributed by atoms with Gasteiger partial charge < -0.3 is 5.32 Å². The number of thiol groups is 1. The summed E-state index contributed by atoms with van der Waals surface area (Å²) in [6, 6.07) is 13.5. The number of rotatable bonds is 5. The van der Waals surface area contributed by atoms with E-state index in [2.05, 4.69) is 17.9 Å². The van der Waals surface area contributed by atoms with Gasteiger partial charge in [0, 0.05) is 23.6 Å². The first-order chi connectivity index (χ1) is 10.0. The number of nitro benzene ring substituents is 1. The number of hydrogen-bond donors (Lipinski definition) is 2. The van der Waals surface area contributed by atoms with Gasteiger partial charge in [0.2, 0.25) is 5.91 Å². The minimum atomic E-state index is -0.451. The van der Waals surface area contributed by atoms with E-state index in [1.54, 1.807) is 12.1 Å². The van der Waals surface area contributed by atoms with Crippen molar-refractivity contribution in [1.82, 2.24) is 5.32 Å². The van der Waals surface area contributed by atoms with Gasteiger partial charge in [-0.1, -0.05) is 24.3 Å². The number of benzene rings is 2. The van der Waals surface area contributed by atoms with Crippen molar-refractivity contribution in [3.8, 4) is 0 Å². The third kappa shape index (κ3) is 4.61. The predicted molar refractivity (Wildman–Crippen MR) is 82.3 cm³/mol. The van der Waals surface area contributed by atoms with Crippen molar-refractivity contribution in [1.29, 1.82) is 0 Å². The molecule has 0 bridgehead atoms. The minimum absolute atomic E-state index is 0.0388. The van der Waals surface area contributed by atoms with Crippen LogP contribution in [0, 0.1) is 10.1 Å². The lowest BCUT2D eigenvalue weighted by Crippen LogP contribution is -2.24. The summed E-state index contributed by atoms with van der Waals surface area (Å²) in [5.41, 5.74) is 1.77. The van der Waals surface area contributed by atoms with Crippen LogP contribution in [0.4, 0.5) is 5.69 Å². The normalized spacial score (nSPS) is 10.1. The first-order valence-electron chi connectivity index (χ1n) is 6.32. The molecule has 6 heteroatoms. The molecular formula is C15H14N2O3S. The van der Waals surface area contributed by atoms with Gasteiger partial charge in [-0.3, -0.25) is 14.9 Å². The summed E-state index contributed by atoms with van der Waals surface area (Å²) in [5.74, 6) is -0.0970. The summed E-state index contributed by atoms with van der Waals surface area (Å²) in [6.07, 6.45) is 0.293. The molecule has 108 valence electrons. The van der Waals surface area contributed by atoms with Crippen LogP contribution >= 0.6 is 12.6 Å². The molecule has 0 atom stereocenters. The number of amides is 1. The van der Waals surface area contributed by atoms with Crippen LogP contribution in [-0.4, -0.2) is 10.8 Å². The predicted octanol–water partition coefficient (Wildman–Crippen LogP) is 2.74. The van der Waals surface area contributed by atoms with Crippen molar-refractivity contribution in [3.05, 3.63) is 69.8 Å². The van der Waals surface area contributed by atoms with E-state index >= 15 is 0 Å². The maximum atomic E-state index is 11.8. The molecule has 0 aromatic heterocycles. The molecule has 0 saturated carbocycles. The third-order valence-electron chi connectivity index (χ3n) is 2.94. The summed E-state index contributed by atoms with van der Waals surface area (Å²) in [4.78, 5) is 22.7. The fraction of sp³-hybridized carbons (Fsp3) is 0.133. The monoisotopic (exact) mass is 302 g/mol. The standard InChI is InChI=1S/C15H14N2O3S/c18-15(9-11-3-7-14(21)8-4-11)16-10-12-1-5-13(6-2-12)17(19)20/h1-8,21H,9-10H2,(H,16,18). The van der Waals surface area contributed by atoms with Crippen molar-refractivity contribution in [2.75, 3.05) is 0 Å². The smallest absolute Gasteiger partial charge is 0.269 e. The molecule has 0 heterocycles. The summed E-state index contributed by atoms with van der Waals surface area (Å²) >= 11 is 4.19. The Balaban J connectivity index is 1.86. The van der Waals surface area contributed by atoms with Crippen molar-refractivity contribution in [3.63, 3.8) is 0 Å². The first-order valence-corrected chi connectivity index (χ1v) is 6.77. The van der Waals surface area contributed by atoms with E-state index in [-0.39, 0.29) is 11.6 Å². The number of carbonyl (C=O) groups is 1. The third-order valence-corrected chi connectivity index (χ3v) is 3.24. The van der Waals surface area contributed by atoms with Crippen LogP contribution in [0.5, 0.6) is 0 Å². The Morgan fingerprint density at radius 2 is 1.62 bits per heavy atom. The maximum absolute atomic E-state index is 11.8. The molecule has 0 aliphatic heterocycles. The van der Waals surface area contributed by atoms with E-state index in [1.165, 1.54) is 12.1 Å². The van der Waals surface area contributed by atoms with Crippen LogP contribution in [0.2, 0.25) is 0 Å². The Kier molecular flexibility index (Phi) is 4.94. The number of non-ortho nitro benzene ring substituents is 1. The second-order valence-corrected chi connectivity index (χ2v) is 5.06. The molecule has 0 spiro atoms. The molecule has 0 radical (unpaired) electrons. The number of carbonyl (C=O) groups excluding carboxylic acids is 1. The quantitative estimate of drug-likeness (QED) is 0.507. The highest BCUT2D eigenvalue weighted by atomic mass is 32.1. The Hall–Kier alpha value is -2.34. The number of hydrogen-bond acceptors (Lipinski definition) is 4. The van der Waals surface area contributed by atoms with E-state index in [0.717, 1.165) is 16.0 Å². The van der Waals surface area contributed by atoms with E-state index < -0.39 is 4.92 Å². The largest absolute Gasteiger partial charge is 0.352 e. The van der Waals surface area contributed by atoms with Crippen LogP contribution in [0.15, 0.2) is 53.4 Å². The van der Waals surface area contributed by atoms with Gasteiger partial charge in [0.05, 0.1) is 11.3 Å². The highest BCUT2D eigenvalue weighted by molar-refractivity contribution is 7.80. The van der Waals surface area contributed by atoms with Gasteiger partial charge in [0.25, 0.3) is 5.69 Å². The number of nitro groups is 1. The fourth-order valence-electron chi connectivity index (χ4n) is 1.80. The molecule has 2 aromatic rings. The Morgan fingerprint density at radius 3 is 2.19 bits per heavy atom. The van der Waals surface area contributed by atoms with E-state index in [4.69, 9.17) is 0 Å². The number of nitrogens with one attached hydrogen (secondary N) is 1. The van der Waals surface area contributed by atoms with Crippen LogP contribution in [-0.2, 0) is 17.8 Å². The molecular weight excluding hydrogens is 288 g/mol. The second kappa shape index (κ2) is 6.90. The van der Waals surface area contributed by atoms with Gasteiger partial charge in [-0.25, -0.2) is 0 Å². The molecule has 0 fully saturated rings. The first kappa shape index (κ1) is 15.1. The average molecular weight is 302 g/mol. The summed E-state index contributed by atoms with van der Waals surface area (Å²) in [5, 5.41) is 13.3. The summed E-state index contributed by atoms with van der Waals surface area (Å²) in [6.45, 7) is 0.349. The average Bonchev–Trinajstić information content (AvgIpc) is 2.48. The Morgan fingerprint density at radius 1 is 1.05 bits per heavy atom. The van der Waals surface area contributed by atoms with Crippen LogP contribution in [0.25, 0.3) is 0 Å². The Bertz CT molecular complexity index is 639. The zero-order chi connectivity index (χ0) is 15.2. The Labute approximate surface area is 127 Å². The lowest BCUT2D eigenvalue weighted by molar-refractivity contribution is -0.384. The molecule has 21 heavy (non-hydrogen) atoms. The van der Waals surface area contributed by atoms with Gasteiger partial charge in [-0.2, -0.15) is 0 Å². The van der Waals surface area contributed by atoms with Crippen LogP contribution in [0.3, 0.4) is 0 Å². The van der Waals surface area contributed by atoms with Crippen molar-refractivity contribution in [2.45, 2.75) is 17.9 Å². The van der Waals surface area contributed by atoms with Crippen LogP contribution in [0.1, 0.15) is 11.1 Å². The lowest BCUT2D eigenvalue weighted by atomic mass is 10.1. The van der Waals surface area contributed by atoms with Gasteiger partial charge >= 0.3 is 0 Å². The van der Waals surface area contributed by atoms with Crippen molar-refractivity contribution >= 4 is 24.2 Å². The number of nitrogens with zero attached hydrogens (tertiary/aromatic N) is 1. The maximum Gasteiger partial charge on any atom is 0.269 e. The molecule has 1 amide bonds. The second-order valence-electron chi connectivity index (χ2n) is 4.54. The molecule has 2 rings (SSSR count). The fourth-order valence-corrected chi connectivity index (χ4v) is 1.95. The minimum Gasteiger partial charge on any atom is -0.352 e. The highest BCUT2D eigenvalue weighted by Gasteiger charge is 2.06. The van der Waals surface area contributed by atoms with Gasteiger partial charge in [0.15, 0.2) is 0 Å². The van der Waals surface area contributed by atoms with Crippen molar-refractivity contribution < 1.29 is 9.72 Å². The van der Waals surface area contributed by atoms with E-state index in [0.29, 0.717) is 13.0 Å². The summed E-state index contributed by atoms with van der Waals surface area (Å²) < 4.78 is 0. The SMILES string of the molecule is O=C(Cc1ccc(S)cc1)NCc1ccc([N+](=O)[O-])cc1. The zero-order valence-corrected chi connectivity index (χ0v) is 12.0. The molecule has 0 unspecified atom stereocenters. The molecule has 0 aliphatic rings. The highest BCUT2D eigenvalue weighted by Crippen LogP contribution is 2.12. The van der Waals surface area contributed by atoms with E-state index in [9.17, 15) is 14.9 Å². The molecule has 5 nitrogen and oxygen atoms in total. The van der Waals surface area contributed by atoms with Gasteiger partial charge in [0.1, 0.15) is 0 Å².